The van der Waals surface area contributed by atoms with E-state index < -0.39 is 0 Å². The van der Waals surface area contributed by atoms with Crippen molar-refractivity contribution in [2.75, 3.05) is 11.1 Å². The lowest BCUT2D eigenvalue weighted by atomic mass is 10.2. The number of nitrogens with one attached hydrogen (secondary N) is 1. The van der Waals surface area contributed by atoms with Gasteiger partial charge < -0.3 is 9.73 Å². The predicted octanol–water partition coefficient (Wildman–Crippen LogP) is 2.37. The van der Waals surface area contributed by atoms with Gasteiger partial charge in [-0.1, -0.05) is 23.9 Å². The molecule has 102 valence electrons. The van der Waals surface area contributed by atoms with Crippen LogP contribution in [0.1, 0.15) is 17.9 Å². The number of nitrogens with zero attached hydrogens (tertiary/aromatic N) is 3. The van der Waals surface area contributed by atoms with E-state index in [2.05, 4.69) is 15.5 Å². The van der Waals surface area contributed by atoms with Crippen molar-refractivity contribution in [1.29, 1.82) is 5.26 Å². The normalized spacial score (nSPS) is 10.0. The molecule has 0 saturated heterocycles. The van der Waals surface area contributed by atoms with Gasteiger partial charge in [-0.05, 0) is 12.1 Å². The van der Waals surface area contributed by atoms with Crippen molar-refractivity contribution in [2.45, 2.75) is 18.6 Å². The monoisotopic (exact) mass is 288 g/mol. The molecule has 0 fully saturated rings. The SMILES string of the molecule is Cc1nnc(SCCC(=O)Nc2ccccc2C#N)o1. The maximum absolute atomic E-state index is 11.8. The summed E-state index contributed by atoms with van der Waals surface area (Å²) in [5, 5.41) is 19.6. The Balaban J connectivity index is 1.82. The molecule has 0 radical (unpaired) electrons. The molecular formula is C13H12N4O2S. The predicted molar refractivity (Wildman–Crippen MR) is 74.2 cm³/mol. The van der Waals surface area contributed by atoms with Gasteiger partial charge in [0.2, 0.25) is 11.8 Å². The van der Waals surface area contributed by atoms with Gasteiger partial charge in [-0.3, -0.25) is 4.79 Å². The summed E-state index contributed by atoms with van der Waals surface area (Å²) >= 11 is 1.32. The minimum Gasteiger partial charge on any atom is -0.416 e. The van der Waals surface area contributed by atoms with Crippen LogP contribution in [0.25, 0.3) is 0 Å². The largest absolute Gasteiger partial charge is 0.416 e. The quantitative estimate of drug-likeness (QED) is 0.849. The zero-order valence-corrected chi connectivity index (χ0v) is 11.6. The lowest BCUT2D eigenvalue weighted by molar-refractivity contribution is -0.115. The number of hydrogen-bond acceptors (Lipinski definition) is 6. The third kappa shape index (κ3) is 3.83. The molecule has 6 nitrogen and oxygen atoms in total. The van der Waals surface area contributed by atoms with E-state index in [1.165, 1.54) is 11.8 Å². The number of carbonyl (C=O) groups excluding carboxylic acids is 1. The molecule has 1 amide bonds. The molecule has 1 aromatic carbocycles. The van der Waals surface area contributed by atoms with Gasteiger partial charge in [0.05, 0.1) is 11.3 Å². The summed E-state index contributed by atoms with van der Waals surface area (Å²) in [7, 11) is 0. The van der Waals surface area contributed by atoms with Gasteiger partial charge in [-0.2, -0.15) is 5.26 Å². The van der Waals surface area contributed by atoms with Gasteiger partial charge >= 0.3 is 0 Å². The standard InChI is InChI=1S/C13H12N4O2S/c1-9-16-17-13(19-9)20-7-6-12(18)15-11-5-3-2-4-10(11)8-14/h2-5H,6-7H2,1H3,(H,15,18). The topological polar surface area (TPSA) is 91.8 Å². The number of amides is 1. The summed E-state index contributed by atoms with van der Waals surface area (Å²) in [4.78, 5) is 11.8. The molecule has 1 aromatic heterocycles. The van der Waals surface area contributed by atoms with Gasteiger partial charge in [-0.15, -0.1) is 10.2 Å². The van der Waals surface area contributed by atoms with E-state index in [1.807, 2.05) is 6.07 Å². The number of benzene rings is 1. The molecular weight excluding hydrogens is 276 g/mol. The van der Waals surface area contributed by atoms with Crippen molar-refractivity contribution in [3.8, 4) is 6.07 Å². The van der Waals surface area contributed by atoms with Gasteiger partial charge in [0, 0.05) is 19.1 Å². The maximum Gasteiger partial charge on any atom is 0.276 e. The van der Waals surface area contributed by atoms with Crippen molar-refractivity contribution in [2.24, 2.45) is 0 Å². The highest BCUT2D eigenvalue weighted by Gasteiger charge is 2.08. The van der Waals surface area contributed by atoms with E-state index in [0.717, 1.165) is 0 Å². The Morgan fingerprint density at radius 2 is 2.25 bits per heavy atom. The number of thioether (sulfide) groups is 1. The van der Waals surface area contributed by atoms with Crippen LogP contribution >= 0.6 is 11.8 Å². The molecule has 0 aliphatic rings. The zero-order valence-electron chi connectivity index (χ0n) is 10.8. The lowest BCUT2D eigenvalue weighted by Gasteiger charge is -2.05. The highest BCUT2D eigenvalue weighted by atomic mass is 32.2. The van der Waals surface area contributed by atoms with Crippen LogP contribution in [0.4, 0.5) is 5.69 Å². The molecule has 0 aliphatic heterocycles. The third-order valence-electron chi connectivity index (χ3n) is 2.38. The van der Waals surface area contributed by atoms with E-state index in [1.54, 1.807) is 31.2 Å². The van der Waals surface area contributed by atoms with E-state index in [-0.39, 0.29) is 5.91 Å². The Kier molecular flexibility index (Phi) is 4.74. The van der Waals surface area contributed by atoms with Crippen LogP contribution in [0, 0.1) is 18.3 Å². The number of para-hydroxylation sites is 1. The van der Waals surface area contributed by atoms with Crippen LogP contribution in [0.5, 0.6) is 0 Å². The van der Waals surface area contributed by atoms with Gasteiger partial charge in [0.15, 0.2) is 0 Å². The molecule has 2 rings (SSSR count). The number of aryl methyl sites for hydroxylation is 1. The molecule has 0 aliphatic carbocycles. The first-order valence-corrected chi connectivity index (χ1v) is 6.89. The number of hydrogen-bond donors (Lipinski definition) is 1. The average Bonchev–Trinajstić information content (AvgIpc) is 2.85. The van der Waals surface area contributed by atoms with Gasteiger partial charge in [-0.25, -0.2) is 0 Å². The summed E-state index contributed by atoms with van der Waals surface area (Å²) in [6.07, 6.45) is 0.297. The fraction of sp³-hybridized carbons (Fsp3) is 0.231. The van der Waals surface area contributed by atoms with E-state index in [9.17, 15) is 4.79 Å². The highest BCUT2D eigenvalue weighted by molar-refractivity contribution is 7.99. The fourth-order valence-corrected chi connectivity index (χ4v) is 2.21. The number of anilines is 1. The molecule has 1 N–H and O–H groups in total. The Hall–Kier alpha value is -2.33. The molecule has 0 bridgehead atoms. The first-order valence-electron chi connectivity index (χ1n) is 5.91. The van der Waals surface area contributed by atoms with Crippen LogP contribution in [0.3, 0.4) is 0 Å². The molecule has 0 saturated carbocycles. The summed E-state index contributed by atoms with van der Waals surface area (Å²) < 4.78 is 5.19. The van der Waals surface area contributed by atoms with Crippen molar-refractivity contribution in [1.82, 2.24) is 10.2 Å². The van der Waals surface area contributed by atoms with Crippen molar-refractivity contribution in [3.05, 3.63) is 35.7 Å². The summed E-state index contributed by atoms with van der Waals surface area (Å²) in [6.45, 7) is 1.71. The molecule has 7 heteroatoms. The van der Waals surface area contributed by atoms with Crippen LogP contribution < -0.4 is 5.32 Å². The van der Waals surface area contributed by atoms with Crippen molar-refractivity contribution >= 4 is 23.4 Å². The summed E-state index contributed by atoms with van der Waals surface area (Å²) in [6, 6.07) is 8.91. The Morgan fingerprint density at radius 1 is 1.45 bits per heavy atom. The second-order valence-corrected chi connectivity index (χ2v) is 4.94. The second-order valence-electron chi connectivity index (χ2n) is 3.89. The fourth-order valence-electron chi connectivity index (χ4n) is 1.47. The highest BCUT2D eigenvalue weighted by Crippen LogP contribution is 2.18. The summed E-state index contributed by atoms with van der Waals surface area (Å²) in [5.41, 5.74) is 0.972. The number of aromatic nitrogens is 2. The Labute approximate surface area is 120 Å². The van der Waals surface area contributed by atoms with E-state index in [0.29, 0.717) is 34.5 Å². The van der Waals surface area contributed by atoms with Crippen LogP contribution in [-0.4, -0.2) is 21.9 Å². The molecule has 20 heavy (non-hydrogen) atoms. The third-order valence-corrected chi connectivity index (χ3v) is 3.20. The van der Waals surface area contributed by atoms with Crippen LogP contribution in [0.2, 0.25) is 0 Å². The van der Waals surface area contributed by atoms with Gasteiger partial charge in [0.1, 0.15) is 6.07 Å². The second kappa shape index (κ2) is 6.73. The molecule has 1 heterocycles. The molecule has 0 unspecified atom stereocenters. The van der Waals surface area contributed by atoms with Crippen LogP contribution in [0.15, 0.2) is 33.9 Å². The minimum atomic E-state index is -0.156. The van der Waals surface area contributed by atoms with E-state index >= 15 is 0 Å². The van der Waals surface area contributed by atoms with E-state index in [4.69, 9.17) is 9.68 Å². The molecule has 0 atom stereocenters. The number of carbonyl (C=O) groups is 1. The van der Waals surface area contributed by atoms with Crippen molar-refractivity contribution < 1.29 is 9.21 Å². The minimum absolute atomic E-state index is 0.156. The summed E-state index contributed by atoms with van der Waals surface area (Å²) in [5.74, 6) is 0.874. The number of nitriles is 1. The first-order chi connectivity index (χ1) is 9.69. The average molecular weight is 288 g/mol. The smallest absolute Gasteiger partial charge is 0.276 e. The molecule has 0 spiro atoms. The van der Waals surface area contributed by atoms with Crippen molar-refractivity contribution in [3.63, 3.8) is 0 Å². The lowest BCUT2D eigenvalue weighted by Crippen LogP contribution is -2.13. The number of rotatable bonds is 5. The first kappa shape index (κ1) is 14.1. The van der Waals surface area contributed by atoms with Gasteiger partial charge in [0.25, 0.3) is 5.22 Å². The zero-order chi connectivity index (χ0) is 14.4. The molecule has 2 aromatic rings. The van der Waals surface area contributed by atoms with Crippen LogP contribution in [-0.2, 0) is 4.79 Å². The maximum atomic E-state index is 11.8. The Bertz CT molecular complexity index is 648. The Morgan fingerprint density at radius 3 is 2.95 bits per heavy atom.